The number of rotatable bonds is 3. The zero-order valence-corrected chi connectivity index (χ0v) is 24.3. The Morgan fingerprint density at radius 2 is 1.90 bits per heavy atom. The number of halogens is 2. The van der Waals surface area contributed by atoms with Crippen LogP contribution < -0.4 is 20.7 Å². The van der Waals surface area contributed by atoms with Gasteiger partial charge in [0, 0.05) is 31.1 Å². The molecule has 9 nitrogen and oxygen atoms in total. The molecule has 3 atom stereocenters. The SMILES string of the molecule is Cc1nc2sc(C(=O)N[C@H]3COc4c(F)c(N5CC6CCC(C5)N6C(=O)OC(C)(C)C)cc(F)c4C3)c(N)c2s1. The number of anilines is 2. The molecule has 3 N–H and O–H groups in total. The Labute approximate surface area is 238 Å². The fourth-order valence-corrected chi connectivity index (χ4v) is 7.91. The second-order valence-corrected chi connectivity index (χ2v) is 13.8. The number of hydrogen-bond acceptors (Lipinski definition) is 9. The fourth-order valence-electron chi connectivity index (χ4n) is 5.81. The predicted octanol–water partition coefficient (Wildman–Crippen LogP) is 4.85. The number of nitrogens with zero attached hydrogens (tertiary/aromatic N) is 3. The molecule has 2 saturated heterocycles. The summed E-state index contributed by atoms with van der Waals surface area (Å²) in [5.41, 5.74) is 6.16. The number of thiophene rings is 1. The first-order valence-electron chi connectivity index (χ1n) is 13.3. The van der Waals surface area contributed by atoms with Gasteiger partial charge in [-0.25, -0.2) is 18.6 Å². The topological polar surface area (TPSA) is 110 Å². The number of hydrogen-bond donors (Lipinski definition) is 2. The van der Waals surface area contributed by atoms with Crippen molar-refractivity contribution in [2.75, 3.05) is 30.3 Å². The molecule has 0 radical (unpaired) electrons. The number of nitrogens with one attached hydrogen (secondary N) is 1. The molecule has 3 aliphatic heterocycles. The molecule has 3 aliphatic rings. The van der Waals surface area contributed by atoms with Gasteiger partial charge in [-0.2, -0.15) is 0 Å². The quantitative estimate of drug-likeness (QED) is 0.448. The van der Waals surface area contributed by atoms with Gasteiger partial charge in [0.1, 0.15) is 27.7 Å². The number of amides is 2. The number of fused-ring (bicyclic) bond motifs is 4. The van der Waals surface area contributed by atoms with Crippen molar-refractivity contribution < 1.29 is 27.8 Å². The van der Waals surface area contributed by atoms with Crippen LogP contribution in [0.25, 0.3) is 9.53 Å². The molecule has 5 heterocycles. The summed E-state index contributed by atoms with van der Waals surface area (Å²) in [6.45, 7) is 8.08. The molecule has 2 unspecified atom stereocenters. The summed E-state index contributed by atoms with van der Waals surface area (Å²) in [5.74, 6) is -1.74. The molecule has 2 aromatic heterocycles. The summed E-state index contributed by atoms with van der Waals surface area (Å²) in [6.07, 6.45) is 1.26. The van der Waals surface area contributed by atoms with E-state index in [1.165, 1.54) is 28.7 Å². The van der Waals surface area contributed by atoms with Gasteiger partial charge in [-0.3, -0.25) is 9.69 Å². The van der Waals surface area contributed by atoms with Crippen molar-refractivity contribution in [1.29, 1.82) is 0 Å². The molecule has 13 heteroatoms. The average molecular weight is 592 g/mol. The monoisotopic (exact) mass is 591 g/mol. The van der Waals surface area contributed by atoms with Crippen LogP contribution in [-0.2, 0) is 11.2 Å². The predicted molar refractivity (Wildman–Crippen MR) is 151 cm³/mol. The van der Waals surface area contributed by atoms with E-state index in [4.69, 9.17) is 15.2 Å². The van der Waals surface area contributed by atoms with Crippen molar-refractivity contribution in [2.24, 2.45) is 0 Å². The van der Waals surface area contributed by atoms with Gasteiger partial charge in [0.05, 0.1) is 39.2 Å². The van der Waals surface area contributed by atoms with Crippen LogP contribution in [0.4, 0.5) is 25.0 Å². The van der Waals surface area contributed by atoms with E-state index in [2.05, 4.69) is 10.3 Å². The van der Waals surface area contributed by atoms with Crippen LogP contribution in [0, 0.1) is 18.6 Å². The number of ether oxygens (including phenoxy) is 2. The maximum atomic E-state index is 15.7. The van der Waals surface area contributed by atoms with Crippen molar-refractivity contribution >= 4 is 55.6 Å². The molecule has 214 valence electrons. The van der Waals surface area contributed by atoms with Crippen LogP contribution in [0.5, 0.6) is 5.75 Å². The van der Waals surface area contributed by atoms with Gasteiger partial charge in [-0.05, 0) is 40.5 Å². The second kappa shape index (κ2) is 9.72. The lowest BCUT2D eigenvalue weighted by molar-refractivity contribution is 0.0122. The summed E-state index contributed by atoms with van der Waals surface area (Å²) in [5, 5.41) is 3.72. The Morgan fingerprint density at radius 3 is 2.55 bits per heavy atom. The number of aryl methyl sites for hydroxylation is 1. The zero-order valence-electron chi connectivity index (χ0n) is 22.7. The molecule has 0 aliphatic carbocycles. The fraction of sp³-hybridized carbons (Fsp3) is 0.519. The Kier molecular flexibility index (Phi) is 6.56. The third-order valence-corrected chi connectivity index (χ3v) is 9.72. The van der Waals surface area contributed by atoms with E-state index in [-0.39, 0.29) is 48.2 Å². The van der Waals surface area contributed by atoms with Crippen molar-refractivity contribution in [1.82, 2.24) is 15.2 Å². The van der Waals surface area contributed by atoms with E-state index in [0.717, 1.165) is 22.5 Å². The van der Waals surface area contributed by atoms with Gasteiger partial charge < -0.3 is 25.4 Å². The van der Waals surface area contributed by atoms with Crippen LogP contribution >= 0.6 is 22.7 Å². The van der Waals surface area contributed by atoms with Gasteiger partial charge in [-0.1, -0.05) is 0 Å². The lowest BCUT2D eigenvalue weighted by atomic mass is 10.00. The van der Waals surface area contributed by atoms with Crippen molar-refractivity contribution in [3.05, 3.63) is 33.1 Å². The highest BCUT2D eigenvalue weighted by Gasteiger charge is 2.45. The molecule has 6 rings (SSSR count). The molecular formula is C27H31F2N5O4S2. The number of benzene rings is 1. The molecular weight excluding hydrogens is 560 g/mol. The van der Waals surface area contributed by atoms with Crippen LogP contribution in [0.1, 0.15) is 53.9 Å². The van der Waals surface area contributed by atoms with Gasteiger partial charge in [0.25, 0.3) is 5.91 Å². The highest BCUT2D eigenvalue weighted by atomic mass is 32.1. The minimum Gasteiger partial charge on any atom is -0.488 e. The van der Waals surface area contributed by atoms with E-state index in [1.807, 2.05) is 27.7 Å². The maximum Gasteiger partial charge on any atom is 0.410 e. The zero-order chi connectivity index (χ0) is 28.5. The number of nitrogens with two attached hydrogens (primary N) is 1. The van der Waals surface area contributed by atoms with Crippen LogP contribution in [0.2, 0.25) is 0 Å². The minimum absolute atomic E-state index is 0.00672. The molecule has 40 heavy (non-hydrogen) atoms. The summed E-state index contributed by atoms with van der Waals surface area (Å²) >= 11 is 2.64. The van der Waals surface area contributed by atoms with Crippen LogP contribution in [0.15, 0.2) is 6.07 Å². The van der Waals surface area contributed by atoms with E-state index < -0.39 is 29.2 Å². The van der Waals surface area contributed by atoms with E-state index in [0.29, 0.717) is 28.5 Å². The molecule has 1 aromatic carbocycles. The number of piperazine rings is 1. The number of carbonyl (C=O) groups is 2. The van der Waals surface area contributed by atoms with Crippen molar-refractivity contribution in [2.45, 2.75) is 70.7 Å². The summed E-state index contributed by atoms with van der Waals surface area (Å²) in [4.78, 5) is 34.7. The van der Waals surface area contributed by atoms with E-state index >= 15 is 8.78 Å². The second-order valence-electron chi connectivity index (χ2n) is 11.6. The first kappa shape index (κ1) is 27.0. The third kappa shape index (κ3) is 4.72. The first-order chi connectivity index (χ1) is 18.9. The highest BCUT2D eigenvalue weighted by Crippen LogP contribution is 2.41. The smallest absolute Gasteiger partial charge is 0.410 e. The molecule has 2 bridgehead atoms. The van der Waals surface area contributed by atoms with Gasteiger partial charge >= 0.3 is 6.09 Å². The molecule has 2 fully saturated rings. The van der Waals surface area contributed by atoms with E-state index in [1.54, 1.807) is 9.80 Å². The Bertz CT molecular complexity index is 1500. The summed E-state index contributed by atoms with van der Waals surface area (Å²) in [7, 11) is 0. The highest BCUT2D eigenvalue weighted by molar-refractivity contribution is 7.29. The number of aromatic nitrogens is 1. The standard InChI is InChI=1S/C27H31F2N5O4S2/c1-12-31-25-23(39-12)20(30)22(40-25)24(35)32-13-7-16-17(28)8-18(19(29)21(16)37-11-13)33-9-14-5-6-15(10-33)34(14)26(36)38-27(2,3)4/h8,13-15H,5-7,9-11,30H2,1-4H3,(H,32,35)/t13-,14?,15?/m1/s1. The number of thiazole rings is 1. The maximum absolute atomic E-state index is 15.7. The molecule has 0 spiro atoms. The Hall–Kier alpha value is -3.19. The van der Waals surface area contributed by atoms with Crippen molar-refractivity contribution in [3.63, 3.8) is 0 Å². The lowest BCUT2D eigenvalue weighted by Gasteiger charge is -2.42. The molecule has 0 saturated carbocycles. The molecule has 3 aromatic rings. The van der Waals surface area contributed by atoms with Crippen LogP contribution in [0.3, 0.4) is 0 Å². The Morgan fingerprint density at radius 1 is 1.20 bits per heavy atom. The molecule has 2 amide bonds. The van der Waals surface area contributed by atoms with Gasteiger partial charge in [-0.15, -0.1) is 22.7 Å². The van der Waals surface area contributed by atoms with Crippen LogP contribution in [-0.4, -0.2) is 65.3 Å². The van der Waals surface area contributed by atoms with E-state index in [9.17, 15) is 9.59 Å². The normalized spacial score (nSPS) is 22.3. The number of nitrogen functional groups attached to an aromatic ring is 1. The van der Waals surface area contributed by atoms with Crippen molar-refractivity contribution in [3.8, 4) is 5.75 Å². The minimum atomic E-state index is -0.629. The first-order valence-corrected chi connectivity index (χ1v) is 14.9. The largest absolute Gasteiger partial charge is 0.488 e. The Balaban J connectivity index is 1.17. The van der Waals surface area contributed by atoms with Gasteiger partial charge in [0.2, 0.25) is 0 Å². The lowest BCUT2D eigenvalue weighted by Crippen LogP contribution is -2.57. The summed E-state index contributed by atoms with van der Waals surface area (Å²) in [6, 6.07) is 0.351. The third-order valence-electron chi connectivity index (χ3n) is 7.49. The number of carbonyl (C=O) groups excluding carboxylic acids is 2. The van der Waals surface area contributed by atoms with Gasteiger partial charge in [0.15, 0.2) is 11.6 Å². The summed E-state index contributed by atoms with van der Waals surface area (Å²) < 4.78 is 43.2. The average Bonchev–Trinajstić information content (AvgIpc) is 3.48.